The van der Waals surface area contributed by atoms with E-state index in [9.17, 15) is 17.6 Å². The third-order valence-corrected chi connectivity index (χ3v) is 5.94. The summed E-state index contributed by atoms with van der Waals surface area (Å²) < 4.78 is 44.2. The molecule has 1 heterocycles. The molecule has 0 amide bonds. The number of sulfonamides is 1. The maximum atomic E-state index is 13.0. The first-order valence-corrected chi connectivity index (χ1v) is 11.3. The van der Waals surface area contributed by atoms with Gasteiger partial charge in [-0.2, -0.15) is 0 Å². The van der Waals surface area contributed by atoms with Gasteiger partial charge in [-0.05, 0) is 42.8 Å². The Labute approximate surface area is 178 Å². The first-order valence-electron chi connectivity index (χ1n) is 8.91. The molecule has 3 rings (SSSR count). The maximum absolute atomic E-state index is 13.0. The van der Waals surface area contributed by atoms with Crippen molar-refractivity contribution in [1.29, 1.82) is 0 Å². The van der Waals surface area contributed by atoms with Gasteiger partial charge in [0.05, 0.1) is 5.69 Å². The number of rotatable bonds is 8. The smallest absolute Gasteiger partial charge is 0.321 e. The lowest BCUT2D eigenvalue weighted by molar-refractivity contribution is -0.143. The standard InChI is InChI=1S/C21H19FN2O4S2/c1-15-2-4-16(5-3-15)10-11-30(26,27)23-12-20(25)28-13-19-14-29-21(24-19)17-6-8-18(22)9-7-17/h2-11,14,23H,12-13H2,1H3. The number of nitrogens with one attached hydrogen (secondary N) is 1. The van der Waals surface area contributed by atoms with Gasteiger partial charge in [-0.25, -0.2) is 22.5 Å². The maximum Gasteiger partial charge on any atom is 0.321 e. The Morgan fingerprint density at radius 2 is 1.87 bits per heavy atom. The summed E-state index contributed by atoms with van der Waals surface area (Å²) in [5.41, 5.74) is 3.08. The van der Waals surface area contributed by atoms with Crippen molar-refractivity contribution in [2.24, 2.45) is 0 Å². The minimum Gasteiger partial charge on any atom is -0.458 e. The number of benzene rings is 2. The van der Waals surface area contributed by atoms with E-state index in [2.05, 4.69) is 9.71 Å². The van der Waals surface area contributed by atoms with E-state index in [1.165, 1.54) is 29.5 Å². The summed E-state index contributed by atoms with van der Waals surface area (Å²) in [6.07, 6.45) is 1.44. The topological polar surface area (TPSA) is 85.4 Å². The van der Waals surface area contributed by atoms with Gasteiger partial charge in [0.2, 0.25) is 10.0 Å². The second-order valence-corrected chi connectivity index (χ2v) is 8.90. The molecule has 0 aliphatic rings. The van der Waals surface area contributed by atoms with E-state index in [1.54, 1.807) is 29.6 Å². The number of carbonyl (C=O) groups is 1. The normalized spacial score (nSPS) is 11.7. The van der Waals surface area contributed by atoms with Gasteiger partial charge >= 0.3 is 5.97 Å². The Bertz CT molecular complexity index is 1140. The minimum atomic E-state index is -3.78. The number of ether oxygens (including phenoxy) is 1. The number of carbonyl (C=O) groups excluding carboxylic acids is 1. The predicted molar refractivity (Wildman–Crippen MR) is 114 cm³/mol. The molecule has 0 fully saturated rings. The molecule has 1 aromatic heterocycles. The fraction of sp³-hybridized carbons (Fsp3) is 0.143. The molecule has 156 valence electrons. The molecule has 0 saturated heterocycles. The van der Waals surface area contributed by atoms with Crippen LogP contribution in [0.3, 0.4) is 0 Å². The van der Waals surface area contributed by atoms with Crippen LogP contribution in [-0.2, 0) is 26.2 Å². The number of thiazole rings is 1. The molecule has 0 aliphatic heterocycles. The lowest BCUT2D eigenvalue weighted by Crippen LogP contribution is -2.29. The van der Waals surface area contributed by atoms with Crippen molar-refractivity contribution in [3.8, 4) is 10.6 Å². The number of esters is 1. The zero-order valence-corrected chi connectivity index (χ0v) is 17.7. The van der Waals surface area contributed by atoms with Crippen LogP contribution < -0.4 is 4.72 Å². The molecule has 9 heteroatoms. The number of aryl methyl sites for hydroxylation is 1. The van der Waals surface area contributed by atoms with Crippen LogP contribution in [0.4, 0.5) is 4.39 Å². The van der Waals surface area contributed by atoms with Crippen LogP contribution in [0.15, 0.2) is 59.3 Å². The predicted octanol–water partition coefficient (Wildman–Crippen LogP) is 3.89. The summed E-state index contributed by atoms with van der Waals surface area (Å²) >= 11 is 1.34. The van der Waals surface area contributed by atoms with E-state index in [0.717, 1.165) is 22.1 Å². The first-order chi connectivity index (χ1) is 14.3. The second-order valence-electron chi connectivity index (χ2n) is 6.39. The van der Waals surface area contributed by atoms with Crippen molar-refractivity contribution in [3.05, 3.63) is 82.0 Å². The molecule has 0 radical (unpaired) electrons. The Morgan fingerprint density at radius 1 is 1.17 bits per heavy atom. The van der Waals surface area contributed by atoms with E-state index < -0.39 is 22.5 Å². The number of hydrogen-bond acceptors (Lipinski definition) is 6. The molecular weight excluding hydrogens is 427 g/mol. The molecule has 1 N–H and O–H groups in total. The summed E-state index contributed by atoms with van der Waals surface area (Å²) in [4.78, 5) is 16.2. The summed E-state index contributed by atoms with van der Waals surface area (Å²) in [5.74, 6) is -1.06. The van der Waals surface area contributed by atoms with Crippen molar-refractivity contribution < 1.29 is 22.3 Å². The van der Waals surface area contributed by atoms with E-state index >= 15 is 0 Å². The van der Waals surface area contributed by atoms with Gasteiger partial charge < -0.3 is 4.74 Å². The molecule has 3 aromatic rings. The molecule has 2 aromatic carbocycles. The SMILES string of the molecule is Cc1ccc(C=CS(=O)(=O)NCC(=O)OCc2csc(-c3ccc(F)cc3)n2)cc1. The summed E-state index contributed by atoms with van der Waals surface area (Å²) in [5, 5.41) is 3.39. The molecule has 0 saturated carbocycles. The molecule has 0 bridgehead atoms. The Kier molecular flexibility index (Phi) is 7.09. The van der Waals surface area contributed by atoms with Crippen molar-refractivity contribution in [2.75, 3.05) is 6.54 Å². The molecule has 30 heavy (non-hydrogen) atoms. The largest absolute Gasteiger partial charge is 0.458 e. The molecular formula is C21H19FN2O4S2. The van der Waals surface area contributed by atoms with Crippen LogP contribution in [0.5, 0.6) is 0 Å². The highest BCUT2D eigenvalue weighted by atomic mass is 32.2. The van der Waals surface area contributed by atoms with Gasteiger partial charge in [-0.3, -0.25) is 4.79 Å². The van der Waals surface area contributed by atoms with E-state index in [-0.39, 0.29) is 12.4 Å². The quantitative estimate of drug-likeness (QED) is 0.531. The van der Waals surface area contributed by atoms with E-state index in [1.807, 2.05) is 19.1 Å². The van der Waals surface area contributed by atoms with Gasteiger partial charge in [0, 0.05) is 16.4 Å². The number of nitrogens with zero attached hydrogens (tertiary/aromatic N) is 1. The average Bonchev–Trinajstić information content (AvgIpc) is 3.20. The highest BCUT2D eigenvalue weighted by molar-refractivity contribution is 7.92. The molecule has 0 spiro atoms. The lowest BCUT2D eigenvalue weighted by Gasteiger charge is -2.04. The third-order valence-electron chi connectivity index (χ3n) is 3.96. The lowest BCUT2D eigenvalue weighted by atomic mass is 10.2. The second kappa shape index (κ2) is 9.75. The van der Waals surface area contributed by atoms with Crippen molar-refractivity contribution in [3.63, 3.8) is 0 Å². The van der Waals surface area contributed by atoms with Crippen molar-refractivity contribution in [1.82, 2.24) is 9.71 Å². The van der Waals surface area contributed by atoms with Crippen LogP contribution in [0.25, 0.3) is 16.6 Å². The van der Waals surface area contributed by atoms with Gasteiger partial charge in [-0.1, -0.05) is 29.8 Å². The Morgan fingerprint density at radius 3 is 2.57 bits per heavy atom. The highest BCUT2D eigenvalue weighted by Gasteiger charge is 2.12. The molecule has 0 atom stereocenters. The number of aromatic nitrogens is 1. The van der Waals surface area contributed by atoms with Gasteiger partial charge in [-0.15, -0.1) is 11.3 Å². The first kappa shape index (κ1) is 21.8. The van der Waals surface area contributed by atoms with E-state index in [0.29, 0.717) is 10.7 Å². The van der Waals surface area contributed by atoms with Gasteiger partial charge in [0.1, 0.15) is 24.0 Å². The van der Waals surface area contributed by atoms with E-state index in [4.69, 9.17) is 4.74 Å². The fourth-order valence-corrected chi connectivity index (χ4v) is 3.92. The van der Waals surface area contributed by atoms with Crippen LogP contribution in [0.1, 0.15) is 16.8 Å². The van der Waals surface area contributed by atoms with Crippen LogP contribution in [-0.4, -0.2) is 25.9 Å². The highest BCUT2D eigenvalue weighted by Crippen LogP contribution is 2.24. The van der Waals surface area contributed by atoms with Gasteiger partial charge in [0.15, 0.2) is 0 Å². The fourth-order valence-electron chi connectivity index (χ4n) is 2.36. The molecule has 0 unspecified atom stereocenters. The van der Waals surface area contributed by atoms with Crippen molar-refractivity contribution in [2.45, 2.75) is 13.5 Å². The average molecular weight is 447 g/mol. The van der Waals surface area contributed by atoms with Crippen LogP contribution in [0, 0.1) is 12.7 Å². The van der Waals surface area contributed by atoms with Crippen LogP contribution >= 0.6 is 11.3 Å². The summed E-state index contributed by atoms with van der Waals surface area (Å²) in [6, 6.07) is 13.2. The molecule has 6 nitrogen and oxygen atoms in total. The zero-order chi connectivity index (χ0) is 21.6. The third kappa shape index (κ3) is 6.58. The summed E-state index contributed by atoms with van der Waals surface area (Å²) in [6.45, 7) is 1.36. The molecule has 0 aliphatic carbocycles. The van der Waals surface area contributed by atoms with Crippen molar-refractivity contribution >= 4 is 33.4 Å². The van der Waals surface area contributed by atoms with Crippen LogP contribution in [0.2, 0.25) is 0 Å². The number of halogens is 1. The minimum absolute atomic E-state index is 0.0859. The van der Waals surface area contributed by atoms with Gasteiger partial charge in [0.25, 0.3) is 0 Å². The monoisotopic (exact) mass is 446 g/mol. The summed E-state index contributed by atoms with van der Waals surface area (Å²) in [7, 11) is -3.78. The Balaban J connectivity index is 1.47. The number of hydrogen-bond donors (Lipinski definition) is 1. The Hall–Kier alpha value is -2.88. The zero-order valence-electron chi connectivity index (χ0n) is 16.0.